The summed E-state index contributed by atoms with van der Waals surface area (Å²) in [6.07, 6.45) is 9.10. The second-order valence-corrected chi connectivity index (χ2v) is 14.9. The van der Waals surface area contributed by atoms with Crippen LogP contribution in [0, 0.1) is 23.7 Å². The number of aromatic nitrogens is 3. The first kappa shape index (κ1) is 30.1. The molecule has 42 heavy (non-hydrogen) atoms. The van der Waals surface area contributed by atoms with Gasteiger partial charge in [0.15, 0.2) is 23.9 Å². The third kappa shape index (κ3) is 5.92. The van der Waals surface area contributed by atoms with Crippen LogP contribution in [0.1, 0.15) is 50.7 Å². The zero-order chi connectivity index (χ0) is 29.5. The molecule has 0 saturated heterocycles. The lowest BCUT2D eigenvalue weighted by molar-refractivity contribution is -0.706. The Morgan fingerprint density at radius 1 is 0.929 bits per heavy atom. The second kappa shape index (κ2) is 11.9. The van der Waals surface area contributed by atoms with E-state index in [4.69, 9.17) is 28.3 Å². The summed E-state index contributed by atoms with van der Waals surface area (Å²) in [6, 6.07) is 15.0. The average Bonchev–Trinajstić information content (AvgIpc) is 3.91. The van der Waals surface area contributed by atoms with E-state index in [-0.39, 0.29) is 28.9 Å². The molecule has 5 atom stereocenters. The summed E-state index contributed by atoms with van der Waals surface area (Å²) in [7, 11) is 2.79. The Labute approximate surface area is 264 Å². The van der Waals surface area contributed by atoms with Crippen molar-refractivity contribution >= 4 is 57.7 Å². The summed E-state index contributed by atoms with van der Waals surface area (Å²) >= 11 is 13.3. The Hall–Kier alpha value is -1.92. The lowest BCUT2D eigenvalue weighted by Gasteiger charge is -2.38. The van der Waals surface area contributed by atoms with Crippen molar-refractivity contribution in [1.82, 2.24) is 14.8 Å². The van der Waals surface area contributed by atoms with Crippen molar-refractivity contribution in [3.8, 4) is 0 Å². The van der Waals surface area contributed by atoms with Crippen LogP contribution in [0.2, 0.25) is 10.0 Å². The summed E-state index contributed by atoms with van der Waals surface area (Å²) in [4.78, 5) is 8.85. The van der Waals surface area contributed by atoms with E-state index in [1.165, 1.54) is 34.4 Å². The highest BCUT2D eigenvalue weighted by Crippen LogP contribution is 2.51. The maximum atomic E-state index is 12.4. The molecule has 2 N–H and O–H groups in total. The zero-order valence-corrected chi connectivity index (χ0v) is 26.7. The molecule has 2 fully saturated rings. The maximum absolute atomic E-state index is 12.4. The van der Waals surface area contributed by atoms with Crippen molar-refractivity contribution in [3.63, 3.8) is 0 Å². The van der Waals surface area contributed by atoms with E-state index in [1.807, 2.05) is 48.5 Å². The molecule has 0 bridgehead atoms. The molecule has 2 heterocycles. The van der Waals surface area contributed by atoms with Gasteiger partial charge in [-0.3, -0.25) is 0 Å². The molecule has 0 radical (unpaired) electrons. The molecule has 3 aliphatic rings. The molecule has 1 aliphatic heterocycles. The van der Waals surface area contributed by atoms with Crippen LogP contribution in [0.3, 0.4) is 0 Å². The number of hydrogen-bond acceptors (Lipinski definition) is 8. The van der Waals surface area contributed by atoms with Crippen molar-refractivity contribution in [2.24, 2.45) is 33.8 Å². The van der Waals surface area contributed by atoms with Gasteiger partial charge < -0.3 is 10.2 Å². The van der Waals surface area contributed by atoms with Gasteiger partial charge in [-0.05, 0) is 61.5 Å². The standard InChI is InChI=1S/C30H35Cl2N6O2S2/c1-20(22-11-12-22)29(39,24-7-3-5-9-26(24)31)15-37-28(34-18-35-37)41-42-38(19-33-17-36-38)16-30(40,21(2)23-13-14-23)25-8-4-6-10-27(25)32/h3-10,17-23,39-40H,11-16H2,1-2H3/q+1. The second-order valence-electron chi connectivity index (χ2n) is 11.8. The molecular formula is C30H35Cl2N6O2S2+. The predicted molar refractivity (Wildman–Crippen MR) is 170 cm³/mol. The van der Waals surface area contributed by atoms with Crippen LogP contribution < -0.4 is 0 Å². The van der Waals surface area contributed by atoms with Gasteiger partial charge in [-0.2, -0.15) is 10.1 Å². The predicted octanol–water partition coefficient (Wildman–Crippen LogP) is 6.91. The normalized spacial score (nSPS) is 24.3. The van der Waals surface area contributed by atoms with Crippen molar-refractivity contribution in [2.75, 3.05) is 6.54 Å². The third-order valence-corrected chi connectivity index (χ3v) is 12.3. The number of aliphatic hydroxyl groups is 2. The topological polar surface area (TPSA) is 95.9 Å². The van der Waals surface area contributed by atoms with Gasteiger partial charge in [0.25, 0.3) is 0 Å². The van der Waals surface area contributed by atoms with Crippen LogP contribution in [0.15, 0.2) is 70.1 Å². The van der Waals surface area contributed by atoms with Crippen molar-refractivity contribution < 1.29 is 14.2 Å². The zero-order valence-electron chi connectivity index (χ0n) is 23.6. The summed E-state index contributed by atoms with van der Waals surface area (Å²) in [5, 5.41) is 35.5. The van der Waals surface area contributed by atoms with E-state index < -0.39 is 11.2 Å². The average molecular weight is 647 g/mol. The molecule has 5 unspecified atom stereocenters. The van der Waals surface area contributed by atoms with E-state index >= 15 is 0 Å². The number of halogens is 2. The van der Waals surface area contributed by atoms with Crippen molar-refractivity contribution in [1.29, 1.82) is 0 Å². The van der Waals surface area contributed by atoms with E-state index in [1.54, 1.807) is 11.0 Å². The van der Waals surface area contributed by atoms with Gasteiger partial charge in [-0.1, -0.05) is 82.5 Å². The van der Waals surface area contributed by atoms with Gasteiger partial charge in [0.2, 0.25) is 11.5 Å². The minimum atomic E-state index is -1.24. The summed E-state index contributed by atoms with van der Waals surface area (Å²) in [5.74, 6) is 0.808. The van der Waals surface area contributed by atoms with Gasteiger partial charge in [0.05, 0.1) is 6.54 Å². The van der Waals surface area contributed by atoms with Crippen LogP contribution in [-0.4, -0.2) is 48.2 Å². The Bertz CT molecular complexity index is 1480. The third-order valence-electron chi connectivity index (χ3n) is 9.09. The molecular weight excluding hydrogens is 611 g/mol. The molecule has 2 saturated carbocycles. The van der Waals surface area contributed by atoms with Gasteiger partial charge in [0.1, 0.15) is 17.5 Å². The largest absolute Gasteiger partial charge is 0.383 e. The first-order valence-corrected chi connectivity index (χ1v) is 17.2. The number of hydrogen-bond donors (Lipinski definition) is 2. The SMILES string of the molecule is CC(C1CC1)C(O)(Cn1ncnc1SS[N+]1(CC(O)(c2ccccc2Cl)C(C)C2CC2)C=NC=N1)c1ccccc1Cl. The fourth-order valence-corrected chi connectivity index (χ4v) is 8.94. The quantitative estimate of drug-likeness (QED) is 0.119. The van der Waals surface area contributed by atoms with Crippen LogP contribution in [0.4, 0.5) is 0 Å². The summed E-state index contributed by atoms with van der Waals surface area (Å²) < 4.78 is 1.73. The number of nitrogens with zero attached hydrogens (tertiary/aromatic N) is 6. The maximum Gasteiger partial charge on any atom is 0.231 e. The van der Waals surface area contributed by atoms with Crippen LogP contribution in [0.5, 0.6) is 0 Å². The van der Waals surface area contributed by atoms with Crippen molar-refractivity contribution in [3.05, 3.63) is 76.0 Å². The lowest BCUT2D eigenvalue weighted by atomic mass is 9.79. The van der Waals surface area contributed by atoms with Crippen LogP contribution in [0.25, 0.3) is 0 Å². The molecule has 2 aliphatic carbocycles. The minimum absolute atomic E-state index is 0.0103. The highest BCUT2D eigenvalue weighted by Gasteiger charge is 2.52. The number of benzene rings is 2. The van der Waals surface area contributed by atoms with Crippen molar-refractivity contribution in [2.45, 2.75) is 62.4 Å². The lowest BCUT2D eigenvalue weighted by Crippen LogP contribution is -2.49. The molecule has 0 amide bonds. The van der Waals surface area contributed by atoms with Gasteiger partial charge >= 0.3 is 0 Å². The number of aliphatic imine (C=N–C) groups is 1. The van der Waals surface area contributed by atoms with Crippen LogP contribution in [-0.2, 0) is 17.7 Å². The molecule has 2 aromatic carbocycles. The highest BCUT2D eigenvalue weighted by molar-refractivity contribution is 8.74. The molecule has 0 spiro atoms. The number of rotatable bonds is 13. The van der Waals surface area contributed by atoms with Gasteiger partial charge in [-0.15, -0.1) is 0 Å². The van der Waals surface area contributed by atoms with E-state index in [0.717, 1.165) is 25.7 Å². The Kier molecular flexibility index (Phi) is 8.52. The Balaban J connectivity index is 1.27. The molecule has 3 aromatic rings. The Morgan fingerprint density at radius 2 is 1.50 bits per heavy atom. The smallest absolute Gasteiger partial charge is 0.231 e. The molecule has 222 valence electrons. The monoisotopic (exact) mass is 645 g/mol. The summed E-state index contributed by atoms with van der Waals surface area (Å²) in [6.45, 7) is 4.63. The summed E-state index contributed by atoms with van der Waals surface area (Å²) in [5.41, 5.74) is -1.06. The molecule has 12 heteroatoms. The van der Waals surface area contributed by atoms with Gasteiger partial charge in [-0.25, -0.2) is 9.67 Å². The molecule has 8 nitrogen and oxygen atoms in total. The highest BCUT2D eigenvalue weighted by atomic mass is 35.5. The fourth-order valence-electron chi connectivity index (χ4n) is 6.07. The first-order valence-electron chi connectivity index (χ1n) is 14.3. The molecule has 6 rings (SSSR count). The minimum Gasteiger partial charge on any atom is -0.383 e. The van der Waals surface area contributed by atoms with E-state index in [0.29, 0.717) is 38.2 Å². The van der Waals surface area contributed by atoms with Gasteiger partial charge in [0, 0.05) is 32.0 Å². The first-order chi connectivity index (χ1) is 20.2. The van der Waals surface area contributed by atoms with E-state index in [2.05, 4.69) is 28.9 Å². The van der Waals surface area contributed by atoms with Crippen LogP contribution >= 0.6 is 45.0 Å². The fraction of sp³-hybridized carbons (Fsp3) is 0.467. The number of quaternary nitrogens is 1. The molecule has 1 aromatic heterocycles. The Morgan fingerprint density at radius 3 is 2.05 bits per heavy atom. The van der Waals surface area contributed by atoms with E-state index in [9.17, 15) is 10.2 Å².